The summed E-state index contributed by atoms with van der Waals surface area (Å²) in [5.74, 6) is 0.878. The highest BCUT2D eigenvalue weighted by molar-refractivity contribution is 4.74. The highest BCUT2D eigenvalue weighted by Crippen LogP contribution is 2.10. The van der Waals surface area contributed by atoms with E-state index in [1.165, 1.54) is 32.5 Å². The van der Waals surface area contributed by atoms with Crippen LogP contribution in [0.5, 0.6) is 0 Å². The Labute approximate surface area is 105 Å². The normalized spacial score (nSPS) is 25.9. The largest absolute Gasteiger partial charge is 0.379 e. The van der Waals surface area contributed by atoms with Gasteiger partial charge in [-0.15, -0.1) is 0 Å². The van der Waals surface area contributed by atoms with Crippen molar-refractivity contribution in [2.75, 3.05) is 52.5 Å². The summed E-state index contributed by atoms with van der Waals surface area (Å²) in [7, 11) is 0. The third-order valence-electron chi connectivity index (χ3n) is 3.85. The minimum absolute atomic E-state index is 0.600. The summed E-state index contributed by atoms with van der Waals surface area (Å²) in [6.07, 6.45) is 2.66. The maximum Gasteiger partial charge on any atom is 0.0594 e. The number of morpholine rings is 1. The molecule has 0 spiro atoms. The monoisotopic (exact) mass is 241 g/mol. The first-order valence-corrected chi connectivity index (χ1v) is 7.09. The second-order valence-electron chi connectivity index (χ2n) is 5.42. The highest BCUT2D eigenvalue weighted by atomic mass is 16.5. The van der Waals surface area contributed by atoms with Crippen molar-refractivity contribution < 1.29 is 4.74 Å². The van der Waals surface area contributed by atoms with E-state index >= 15 is 0 Å². The molecular weight excluding hydrogens is 214 g/mol. The molecule has 4 nitrogen and oxygen atoms in total. The van der Waals surface area contributed by atoms with Crippen LogP contribution in [0.2, 0.25) is 0 Å². The molecule has 2 rings (SSSR count). The van der Waals surface area contributed by atoms with Gasteiger partial charge in [-0.05, 0) is 45.3 Å². The molecule has 0 aromatic rings. The van der Waals surface area contributed by atoms with Crippen LogP contribution in [0.1, 0.15) is 19.8 Å². The summed E-state index contributed by atoms with van der Waals surface area (Å²) in [6.45, 7) is 11.0. The number of ether oxygens (including phenoxy) is 1. The molecule has 2 aliphatic rings. The molecule has 0 aliphatic carbocycles. The Kier molecular flexibility index (Phi) is 5.71. The van der Waals surface area contributed by atoms with Gasteiger partial charge in [-0.25, -0.2) is 0 Å². The van der Waals surface area contributed by atoms with Gasteiger partial charge >= 0.3 is 0 Å². The van der Waals surface area contributed by atoms with E-state index in [1.807, 2.05) is 0 Å². The van der Waals surface area contributed by atoms with Gasteiger partial charge in [0, 0.05) is 25.7 Å². The first-order chi connectivity index (χ1) is 8.34. The van der Waals surface area contributed by atoms with Crippen LogP contribution in [-0.2, 0) is 4.74 Å². The van der Waals surface area contributed by atoms with Crippen LogP contribution in [0.15, 0.2) is 0 Å². The van der Waals surface area contributed by atoms with Crippen molar-refractivity contribution in [3.63, 3.8) is 0 Å². The van der Waals surface area contributed by atoms with Crippen molar-refractivity contribution in [3.05, 3.63) is 0 Å². The summed E-state index contributed by atoms with van der Waals surface area (Å²) in [5.41, 5.74) is 0. The molecule has 2 saturated heterocycles. The summed E-state index contributed by atoms with van der Waals surface area (Å²) in [4.78, 5) is 2.50. The molecule has 1 atom stereocenters. The molecule has 17 heavy (non-hydrogen) atoms. The molecule has 0 radical (unpaired) electrons. The second-order valence-corrected chi connectivity index (χ2v) is 5.42. The second kappa shape index (κ2) is 7.31. The van der Waals surface area contributed by atoms with E-state index in [0.29, 0.717) is 6.04 Å². The van der Waals surface area contributed by atoms with Gasteiger partial charge in [0.1, 0.15) is 0 Å². The molecule has 2 heterocycles. The van der Waals surface area contributed by atoms with Crippen molar-refractivity contribution >= 4 is 0 Å². The third-order valence-corrected chi connectivity index (χ3v) is 3.85. The predicted molar refractivity (Wildman–Crippen MR) is 70.3 cm³/mol. The van der Waals surface area contributed by atoms with Crippen LogP contribution in [0.25, 0.3) is 0 Å². The van der Waals surface area contributed by atoms with E-state index < -0.39 is 0 Å². The van der Waals surface area contributed by atoms with Gasteiger partial charge in [0.2, 0.25) is 0 Å². The van der Waals surface area contributed by atoms with Gasteiger partial charge in [0.05, 0.1) is 13.2 Å². The van der Waals surface area contributed by atoms with Crippen molar-refractivity contribution in [1.29, 1.82) is 0 Å². The lowest BCUT2D eigenvalue weighted by molar-refractivity contribution is 0.0341. The van der Waals surface area contributed by atoms with Gasteiger partial charge in [-0.2, -0.15) is 0 Å². The van der Waals surface area contributed by atoms with E-state index in [0.717, 1.165) is 38.8 Å². The van der Waals surface area contributed by atoms with Crippen molar-refractivity contribution in [2.45, 2.75) is 25.8 Å². The fourth-order valence-electron chi connectivity index (χ4n) is 2.69. The van der Waals surface area contributed by atoms with Gasteiger partial charge in [-0.1, -0.05) is 0 Å². The van der Waals surface area contributed by atoms with Gasteiger partial charge in [-0.3, -0.25) is 4.90 Å². The van der Waals surface area contributed by atoms with Crippen molar-refractivity contribution in [2.24, 2.45) is 5.92 Å². The Morgan fingerprint density at radius 2 is 2.00 bits per heavy atom. The Balaban J connectivity index is 1.57. The van der Waals surface area contributed by atoms with Crippen molar-refractivity contribution in [3.8, 4) is 0 Å². The average molecular weight is 241 g/mol. The zero-order valence-corrected chi connectivity index (χ0v) is 11.1. The van der Waals surface area contributed by atoms with Crippen LogP contribution in [0.4, 0.5) is 0 Å². The lowest BCUT2D eigenvalue weighted by Gasteiger charge is -2.30. The molecule has 2 fully saturated rings. The predicted octanol–water partition coefficient (Wildman–Crippen LogP) is 0.296. The lowest BCUT2D eigenvalue weighted by atomic mass is 9.98. The number of hydrogen-bond acceptors (Lipinski definition) is 4. The first kappa shape index (κ1) is 13.3. The molecule has 100 valence electrons. The molecule has 2 aliphatic heterocycles. The zero-order chi connectivity index (χ0) is 11.9. The summed E-state index contributed by atoms with van der Waals surface area (Å²) in [6, 6.07) is 0.600. The Morgan fingerprint density at radius 3 is 2.71 bits per heavy atom. The smallest absolute Gasteiger partial charge is 0.0594 e. The Morgan fingerprint density at radius 1 is 1.29 bits per heavy atom. The van der Waals surface area contributed by atoms with Crippen LogP contribution in [-0.4, -0.2) is 63.4 Å². The van der Waals surface area contributed by atoms with Crippen LogP contribution >= 0.6 is 0 Å². The summed E-state index contributed by atoms with van der Waals surface area (Å²) < 4.78 is 5.37. The Hall–Kier alpha value is -0.160. The summed E-state index contributed by atoms with van der Waals surface area (Å²) in [5, 5.41) is 7.11. The molecule has 1 unspecified atom stereocenters. The van der Waals surface area contributed by atoms with Crippen LogP contribution < -0.4 is 10.6 Å². The summed E-state index contributed by atoms with van der Waals surface area (Å²) >= 11 is 0. The third kappa shape index (κ3) is 4.92. The number of rotatable bonds is 5. The van der Waals surface area contributed by atoms with E-state index in [2.05, 4.69) is 22.5 Å². The molecule has 0 saturated carbocycles. The molecule has 2 N–H and O–H groups in total. The van der Waals surface area contributed by atoms with E-state index in [1.54, 1.807) is 0 Å². The standard InChI is InChI=1S/C13H27N3O/c1-12(11-16-6-8-17-9-7-16)15-10-13-2-4-14-5-3-13/h12-15H,2-11H2,1H3. The maximum atomic E-state index is 5.37. The zero-order valence-electron chi connectivity index (χ0n) is 11.1. The van der Waals surface area contributed by atoms with Crippen LogP contribution in [0.3, 0.4) is 0 Å². The molecule has 0 amide bonds. The minimum atomic E-state index is 0.600. The average Bonchev–Trinajstić information content (AvgIpc) is 2.39. The minimum Gasteiger partial charge on any atom is -0.379 e. The Bertz CT molecular complexity index is 201. The molecule has 0 bridgehead atoms. The topological polar surface area (TPSA) is 36.5 Å². The van der Waals surface area contributed by atoms with Gasteiger partial charge < -0.3 is 15.4 Å². The molecule has 0 aromatic heterocycles. The quantitative estimate of drug-likeness (QED) is 0.726. The van der Waals surface area contributed by atoms with Crippen molar-refractivity contribution in [1.82, 2.24) is 15.5 Å². The number of hydrogen-bond donors (Lipinski definition) is 2. The highest BCUT2D eigenvalue weighted by Gasteiger charge is 2.16. The van der Waals surface area contributed by atoms with Gasteiger partial charge in [0.25, 0.3) is 0 Å². The number of nitrogens with zero attached hydrogens (tertiary/aromatic N) is 1. The molecule has 0 aromatic carbocycles. The first-order valence-electron chi connectivity index (χ1n) is 7.09. The number of nitrogens with one attached hydrogen (secondary N) is 2. The molecule has 4 heteroatoms. The fourth-order valence-corrected chi connectivity index (χ4v) is 2.69. The number of piperidine rings is 1. The lowest BCUT2D eigenvalue weighted by Crippen LogP contribution is -2.46. The van der Waals surface area contributed by atoms with Crippen LogP contribution in [0, 0.1) is 5.92 Å². The maximum absolute atomic E-state index is 5.37. The SMILES string of the molecule is CC(CN1CCOCC1)NCC1CCNCC1. The van der Waals surface area contributed by atoms with E-state index in [4.69, 9.17) is 4.74 Å². The molecular formula is C13H27N3O. The van der Waals surface area contributed by atoms with E-state index in [-0.39, 0.29) is 0 Å². The van der Waals surface area contributed by atoms with Gasteiger partial charge in [0.15, 0.2) is 0 Å². The van der Waals surface area contributed by atoms with E-state index in [9.17, 15) is 0 Å². The fraction of sp³-hybridized carbons (Fsp3) is 1.00.